The summed E-state index contributed by atoms with van der Waals surface area (Å²) in [5.41, 5.74) is 1.71. The van der Waals surface area contributed by atoms with Gasteiger partial charge in [0.1, 0.15) is 0 Å². The van der Waals surface area contributed by atoms with Crippen molar-refractivity contribution in [1.82, 2.24) is 4.90 Å². The number of carbonyl (C=O) groups excluding carboxylic acids is 1. The Labute approximate surface area is 139 Å². The number of benzene rings is 1. The van der Waals surface area contributed by atoms with Crippen LogP contribution in [0.4, 0.5) is 0 Å². The van der Waals surface area contributed by atoms with Crippen LogP contribution in [0.5, 0.6) is 0 Å². The predicted molar refractivity (Wildman–Crippen MR) is 91.7 cm³/mol. The molecule has 23 heavy (non-hydrogen) atoms. The Morgan fingerprint density at radius 3 is 2.74 bits per heavy atom. The van der Waals surface area contributed by atoms with Gasteiger partial charge >= 0.3 is 5.97 Å². The van der Waals surface area contributed by atoms with Crippen molar-refractivity contribution in [3.63, 3.8) is 0 Å². The average molecular weight is 319 g/mol. The monoisotopic (exact) mass is 319 g/mol. The minimum Gasteiger partial charge on any atom is -0.465 e. The standard InChI is InChI=1S/C19H29NO3/c1-4-23-18(21)19(2,3)17-9-5-7-16(15-17)8-6-10-20-11-13-22-14-12-20/h5,7,9,15H,4,6,8,10-14H2,1-3H3. The third kappa shape index (κ3) is 5.05. The van der Waals surface area contributed by atoms with Crippen molar-refractivity contribution in [1.29, 1.82) is 0 Å². The number of hydrogen-bond donors (Lipinski definition) is 0. The maximum Gasteiger partial charge on any atom is 0.315 e. The lowest BCUT2D eigenvalue weighted by atomic mass is 9.83. The number of morpholine rings is 1. The van der Waals surface area contributed by atoms with Crippen LogP contribution < -0.4 is 0 Å². The highest BCUT2D eigenvalue weighted by Gasteiger charge is 2.31. The van der Waals surface area contributed by atoms with Gasteiger partial charge in [-0.05, 0) is 51.3 Å². The maximum absolute atomic E-state index is 12.2. The number of rotatable bonds is 7. The number of nitrogens with zero attached hydrogens (tertiary/aromatic N) is 1. The van der Waals surface area contributed by atoms with Crippen molar-refractivity contribution >= 4 is 5.97 Å². The van der Waals surface area contributed by atoms with E-state index in [0.29, 0.717) is 6.61 Å². The Morgan fingerprint density at radius 1 is 1.30 bits per heavy atom. The van der Waals surface area contributed by atoms with Crippen LogP contribution >= 0.6 is 0 Å². The molecule has 0 saturated carbocycles. The van der Waals surface area contributed by atoms with E-state index in [-0.39, 0.29) is 5.97 Å². The number of hydrogen-bond acceptors (Lipinski definition) is 4. The Bertz CT molecular complexity index is 507. The molecule has 0 atom stereocenters. The van der Waals surface area contributed by atoms with Gasteiger partial charge in [0, 0.05) is 13.1 Å². The highest BCUT2D eigenvalue weighted by Crippen LogP contribution is 2.26. The summed E-state index contributed by atoms with van der Waals surface area (Å²) in [6.07, 6.45) is 2.16. The number of esters is 1. The topological polar surface area (TPSA) is 38.8 Å². The van der Waals surface area contributed by atoms with Gasteiger partial charge in [0.05, 0.1) is 25.2 Å². The molecule has 0 bridgehead atoms. The second-order valence-electron chi connectivity index (χ2n) is 6.60. The van der Waals surface area contributed by atoms with Crippen molar-refractivity contribution in [2.45, 2.75) is 39.0 Å². The Kier molecular flexibility index (Phi) is 6.60. The number of aryl methyl sites for hydroxylation is 1. The molecule has 1 fully saturated rings. The van der Waals surface area contributed by atoms with Crippen LogP contribution in [0.1, 0.15) is 38.3 Å². The first kappa shape index (κ1) is 18.0. The normalized spacial score (nSPS) is 16.3. The van der Waals surface area contributed by atoms with Gasteiger partial charge in [0.2, 0.25) is 0 Å². The van der Waals surface area contributed by atoms with E-state index in [2.05, 4.69) is 17.0 Å². The van der Waals surface area contributed by atoms with Crippen molar-refractivity contribution in [3.8, 4) is 0 Å². The zero-order chi connectivity index (χ0) is 16.7. The van der Waals surface area contributed by atoms with Crippen LogP contribution in [0.3, 0.4) is 0 Å². The molecule has 0 aliphatic carbocycles. The van der Waals surface area contributed by atoms with E-state index in [9.17, 15) is 4.79 Å². The first-order valence-electron chi connectivity index (χ1n) is 8.60. The van der Waals surface area contributed by atoms with E-state index in [1.54, 1.807) is 0 Å². The first-order chi connectivity index (χ1) is 11.0. The zero-order valence-electron chi connectivity index (χ0n) is 14.6. The molecule has 128 valence electrons. The van der Waals surface area contributed by atoms with Crippen molar-refractivity contribution in [2.75, 3.05) is 39.5 Å². The SMILES string of the molecule is CCOC(=O)C(C)(C)c1cccc(CCCN2CCOCC2)c1. The largest absolute Gasteiger partial charge is 0.465 e. The molecule has 1 aliphatic heterocycles. The molecular weight excluding hydrogens is 290 g/mol. The second kappa shape index (κ2) is 8.46. The van der Waals surface area contributed by atoms with Crippen molar-refractivity contribution in [3.05, 3.63) is 35.4 Å². The first-order valence-corrected chi connectivity index (χ1v) is 8.60. The lowest BCUT2D eigenvalue weighted by Gasteiger charge is -2.26. The van der Waals surface area contributed by atoms with Gasteiger partial charge in [0.15, 0.2) is 0 Å². The van der Waals surface area contributed by atoms with Crippen LogP contribution in [-0.4, -0.2) is 50.3 Å². The number of carbonyl (C=O) groups is 1. The minimum atomic E-state index is -0.601. The highest BCUT2D eigenvalue weighted by molar-refractivity contribution is 5.82. The molecule has 1 aliphatic rings. The van der Waals surface area contributed by atoms with Gasteiger partial charge in [-0.3, -0.25) is 9.69 Å². The molecule has 1 saturated heterocycles. The van der Waals surface area contributed by atoms with Crippen LogP contribution in [0.25, 0.3) is 0 Å². The summed E-state index contributed by atoms with van der Waals surface area (Å²) in [6, 6.07) is 8.35. The summed E-state index contributed by atoms with van der Waals surface area (Å²) in [7, 11) is 0. The van der Waals surface area contributed by atoms with Gasteiger partial charge in [-0.15, -0.1) is 0 Å². The molecular formula is C19H29NO3. The van der Waals surface area contributed by atoms with Gasteiger partial charge in [-0.1, -0.05) is 24.3 Å². The quantitative estimate of drug-likeness (QED) is 0.725. The Hall–Kier alpha value is -1.39. The molecule has 1 heterocycles. The lowest BCUT2D eigenvalue weighted by molar-refractivity contribution is -0.148. The summed E-state index contributed by atoms with van der Waals surface area (Å²) >= 11 is 0. The molecule has 0 aromatic heterocycles. The third-order valence-electron chi connectivity index (χ3n) is 4.48. The van der Waals surface area contributed by atoms with Crippen LogP contribution in [0, 0.1) is 0 Å². The van der Waals surface area contributed by atoms with Gasteiger partial charge in [-0.2, -0.15) is 0 Å². The number of ether oxygens (including phenoxy) is 2. The van der Waals surface area contributed by atoms with E-state index in [0.717, 1.165) is 51.3 Å². The lowest BCUT2D eigenvalue weighted by Crippen LogP contribution is -2.36. The van der Waals surface area contributed by atoms with Gasteiger partial charge < -0.3 is 9.47 Å². The van der Waals surface area contributed by atoms with Crippen LogP contribution in [0.2, 0.25) is 0 Å². The Balaban J connectivity index is 1.92. The molecule has 0 spiro atoms. The van der Waals surface area contributed by atoms with Crippen molar-refractivity contribution in [2.24, 2.45) is 0 Å². The molecule has 1 aromatic carbocycles. The molecule has 1 aromatic rings. The molecule has 4 heteroatoms. The highest BCUT2D eigenvalue weighted by atomic mass is 16.5. The molecule has 0 N–H and O–H groups in total. The summed E-state index contributed by atoms with van der Waals surface area (Å²) < 4.78 is 10.6. The fourth-order valence-corrected chi connectivity index (χ4v) is 2.88. The fourth-order valence-electron chi connectivity index (χ4n) is 2.88. The minimum absolute atomic E-state index is 0.162. The summed E-state index contributed by atoms with van der Waals surface area (Å²) in [4.78, 5) is 14.6. The van der Waals surface area contributed by atoms with Crippen molar-refractivity contribution < 1.29 is 14.3 Å². The molecule has 2 rings (SSSR count). The molecule has 0 amide bonds. The van der Waals surface area contributed by atoms with E-state index >= 15 is 0 Å². The smallest absolute Gasteiger partial charge is 0.315 e. The fraction of sp³-hybridized carbons (Fsp3) is 0.632. The van der Waals surface area contributed by atoms with E-state index in [1.807, 2.05) is 32.9 Å². The molecule has 4 nitrogen and oxygen atoms in total. The molecule has 0 unspecified atom stereocenters. The van der Waals surface area contributed by atoms with Crippen LogP contribution in [0.15, 0.2) is 24.3 Å². The zero-order valence-corrected chi connectivity index (χ0v) is 14.6. The average Bonchev–Trinajstić information content (AvgIpc) is 2.56. The van der Waals surface area contributed by atoms with Gasteiger partial charge in [0.25, 0.3) is 0 Å². The maximum atomic E-state index is 12.2. The van der Waals surface area contributed by atoms with E-state index < -0.39 is 5.41 Å². The second-order valence-corrected chi connectivity index (χ2v) is 6.60. The third-order valence-corrected chi connectivity index (χ3v) is 4.48. The summed E-state index contributed by atoms with van der Waals surface area (Å²) in [5, 5.41) is 0. The summed E-state index contributed by atoms with van der Waals surface area (Å²) in [5.74, 6) is -0.162. The van der Waals surface area contributed by atoms with E-state index in [1.165, 1.54) is 5.56 Å². The van der Waals surface area contributed by atoms with Gasteiger partial charge in [-0.25, -0.2) is 0 Å². The predicted octanol–water partition coefficient (Wildman–Crippen LogP) is 2.79. The molecule has 0 radical (unpaired) electrons. The Morgan fingerprint density at radius 2 is 2.04 bits per heavy atom. The van der Waals surface area contributed by atoms with E-state index in [4.69, 9.17) is 9.47 Å². The van der Waals surface area contributed by atoms with Crippen LogP contribution in [-0.2, 0) is 26.1 Å². The summed E-state index contributed by atoms with van der Waals surface area (Å²) in [6.45, 7) is 11.0.